The number of benzene rings is 1. The minimum absolute atomic E-state index is 0.0280. The van der Waals surface area contributed by atoms with Gasteiger partial charge in [-0.15, -0.1) is 22.7 Å². The van der Waals surface area contributed by atoms with Crippen molar-refractivity contribution in [2.75, 3.05) is 11.1 Å². The highest BCUT2D eigenvalue weighted by Crippen LogP contribution is 2.52. The fourth-order valence-corrected chi connectivity index (χ4v) is 6.40. The minimum atomic E-state index is -0.314. The largest absolute Gasteiger partial charge is 0.397 e. The fraction of sp³-hybridized carbons (Fsp3) is 0.182. The van der Waals surface area contributed by atoms with Crippen molar-refractivity contribution >= 4 is 68.1 Å². The molecule has 154 valence electrons. The standard InChI is InChI=1S/C22H18Cl2N2O2S2/c1-9-6-7-29-20(9)16-15(11(3)27)10(2)26-22-17(16)18(25)21(30-22)19(28)13-8-12(23)4-5-14(13)24/h4-8,16,26H,25H2,1-3H3/t16-/m1/s1. The number of nitrogens with two attached hydrogens (primary N) is 1. The molecule has 2 aromatic heterocycles. The molecular weight excluding hydrogens is 459 g/mol. The number of hydrogen-bond acceptors (Lipinski definition) is 6. The van der Waals surface area contributed by atoms with Crippen LogP contribution in [0.4, 0.5) is 10.7 Å². The Morgan fingerprint density at radius 2 is 1.90 bits per heavy atom. The quantitative estimate of drug-likeness (QED) is 0.412. The molecule has 0 saturated heterocycles. The third kappa shape index (κ3) is 3.38. The summed E-state index contributed by atoms with van der Waals surface area (Å²) in [6, 6.07) is 6.79. The topological polar surface area (TPSA) is 72.2 Å². The molecule has 0 fully saturated rings. The van der Waals surface area contributed by atoms with Crippen LogP contribution in [0.3, 0.4) is 0 Å². The van der Waals surface area contributed by atoms with Gasteiger partial charge in [0, 0.05) is 32.3 Å². The summed E-state index contributed by atoms with van der Waals surface area (Å²) in [5.41, 5.74) is 10.5. The summed E-state index contributed by atoms with van der Waals surface area (Å²) in [5, 5.41) is 6.79. The molecule has 0 unspecified atom stereocenters. The Labute approximate surface area is 192 Å². The van der Waals surface area contributed by atoms with Crippen molar-refractivity contribution in [1.29, 1.82) is 0 Å². The SMILES string of the molecule is CC(=O)C1=C(C)Nc2sc(C(=O)c3cc(Cl)ccc3Cl)c(N)c2[C@@H]1c1sccc1C. The number of anilines is 2. The Morgan fingerprint density at radius 3 is 2.53 bits per heavy atom. The van der Waals surface area contributed by atoms with E-state index < -0.39 is 0 Å². The van der Waals surface area contributed by atoms with Gasteiger partial charge in [-0.3, -0.25) is 9.59 Å². The van der Waals surface area contributed by atoms with E-state index in [0.29, 0.717) is 31.7 Å². The molecule has 0 amide bonds. The maximum absolute atomic E-state index is 13.3. The molecule has 0 aliphatic carbocycles. The zero-order valence-corrected chi connectivity index (χ0v) is 19.6. The number of carbonyl (C=O) groups excluding carboxylic acids is 2. The maximum atomic E-state index is 13.3. The number of rotatable bonds is 4. The molecule has 3 heterocycles. The number of fused-ring (bicyclic) bond motifs is 1. The lowest BCUT2D eigenvalue weighted by atomic mass is 9.83. The molecule has 8 heteroatoms. The predicted octanol–water partition coefficient (Wildman–Crippen LogP) is 6.66. The van der Waals surface area contributed by atoms with Crippen molar-refractivity contribution in [1.82, 2.24) is 0 Å². The number of aryl methyl sites for hydroxylation is 1. The van der Waals surface area contributed by atoms with Crippen LogP contribution in [0.5, 0.6) is 0 Å². The van der Waals surface area contributed by atoms with Crippen molar-refractivity contribution < 1.29 is 9.59 Å². The van der Waals surface area contributed by atoms with Crippen molar-refractivity contribution in [3.63, 3.8) is 0 Å². The maximum Gasteiger partial charge on any atom is 0.206 e. The second-order valence-corrected chi connectivity index (χ2v) is 9.97. The molecule has 0 bridgehead atoms. The minimum Gasteiger partial charge on any atom is -0.397 e. The van der Waals surface area contributed by atoms with Gasteiger partial charge in [0.2, 0.25) is 5.78 Å². The first-order valence-electron chi connectivity index (χ1n) is 9.15. The van der Waals surface area contributed by atoms with E-state index in [-0.39, 0.29) is 17.5 Å². The number of halogens is 2. The number of nitrogen functional groups attached to an aromatic ring is 1. The number of nitrogens with one attached hydrogen (secondary N) is 1. The highest BCUT2D eigenvalue weighted by molar-refractivity contribution is 7.19. The third-order valence-electron chi connectivity index (χ3n) is 5.19. The molecule has 4 rings (SSSR count). The second-order valence-electron chi connectivity index (χ2n) is 7.16. The number of hydrogen-bond donors (Lipinski definition) is 2. The average Bonchev–Trinajstić information content (AvgIpc) is 3.25. The lowest BCUT2D eigenvalue weighted by Crippen LogP contribution is -2.21. The lowest BCUT2D eigenvalue weighted by molar-refractivity contribution is -0.113. The molecule has 1 aliphatic heterocycles. The van der Waals surface area contributed by atoms with Crippen LogP contribution in [0.2, 0.25) is 10.0 Å². The smallest absolute Gasteiger partial charge is 0.206 e. The van der Waals surface area contributed by atoms with E-state index in [9.17, 15) is 9.59 Å². The van der Waals surface area contributed by atoms with Gasteiger partial charge in [-0.05, 0) is 56.0 Å². The highest BCUT2D eigenvalue weighted by Gasteiger charge is 2.37. The zero-order chi connectivity index (χ0) is 21.7. The summed E-state index contributed by atoms with van der Waals surface area (Å²) in [4.78, 5) is 27.3. The second kappa shape index (κ2) is 7.85. The molecule has 1 aliphatic rings. The molecule has 3 aromatic rings. The summed E-state index contributed by atoms with van der Waals surface area (Å²) >= 11 is 15.2. The van der Waals surface area contributed by atoms with E-state index in [0.717, 1.165) is 26.7 Å². The Morgan fingerprint density at radius 1 is 1.17 bits per heavy atom. The van der Waals surface area contributed by atoms with Crippen molar-refractivity contribution in [2.45, 2.75) is 26.7 Å². The van der Waals surface area contributed by atoms with Gasteiger partial charge in [0.15, 0.2) is 5.78 Å². The Balaban J connectivity index is 1.92. The third-order valence-corrected chi connectivity index (χ3v) is 7.97. The lowest BCUT2D eigenvalue weighted by Gasteiger charge is -2.28. The molecule has 4 nitrogen and oxygen atoms in total. The van der Waals surface area contributed by atoms with Gasteiger partial charge < -0.3 is 11.1 Å². The van der Waals surface area contributed by atoms with Crippen LogP contribution in [0.25, 0.3) is 0 Å². The molecule has 0 saturated carbocycles. The van der Waals surface area contributed by atoms with Gasteiger partial charge in [-0.1, -0.05) is 23.2 Å². The van der Waals surface area contributed by atoms with Crippen LogP contribution in [-0.4, -0.2) is 11.6 Å². The van der Waals surface area contributed by atoms with Crippen LogP contribution in [0.1, 0.15) is 51.0 Å². The number of carbonyl (C=O) groups is 2. The summed E-state index contributed by atoms with van der Waals surface area (Å²) in [7, 11) is 0. The number of Topliss-reactive ketones (excluding diaryl/α,β-unsaturated/α-hetero) is 1. The normalized spacial score (nSPS) is 15.7. The van der Waals surface area contributed by atoms with Crippen molar-refractivity contribution in [3.05, 3.63) is 77.4 Å². The van der Waals surface area contributed by atoms with Gasteiger partial charge in [-0.25, -0.2) is 0 Å². The highest BCUT2D eigenvalue weighted by atomic mass is 35.5. The fourth-order valence-electron chi connectivity index (χ4n) is 3.81. The van der Waals surface area contributed by atoms with Crippen LogP contribution in [0, 0.1) is 6.92 Å². The summed E-state index contributed by atoms with van der Waals surface area (Å²) in [6.45, 7) is 5.45. The monoisotopic (exact) mass is 476 g/mol. The molecule has 3 N–H and O–H groups in total. The Hall–Kier alpha value is -2.12. The van der Waals surface area contributed by atoms with E-state index in [1.165, 1.54) is 11.3 Å². The number of thiophene rings is 2. The van der Waals surface area contributed by atoms with Crippen molar-refractivity contribution in [2.24, 2.45) is 0 Å². The predicted molar refractivity (Wildman–Crippen MR) is 127 cm³/mol. The number of allylic oxidation sites excluding steroid dienone is 2. The summed E-state index contributed by atoms with van der Waals surface area (Å²) < 4.78 is 0. The number of ketones is 2. The molecule has 0 spiro atoms. The van der Waals surface area contributed by atoms with Gasteiger partial charge in [-0.2, -0.15) is 0 Å². The van der Waals surface area contributed by atoms with Gasteiger partial charge >= 0.3 is 0 Å². The van der Waals surface area contributed by atoms with Gasteiger partial charge in [0.05, 0.1) is 21.6 Å². The zero-order valence-electron chi connectivity index (χ0n) is 16.4. The van der Waals surface area contributed by atoms with Crippen LogP contribution in [0.15, 0.2) is 40.9 Å². The molecule has 0 radical (unpaired) electrons. The average molecular weight is 477 g/mol. The Bertz CT molecular complexity index is 1240. The molecule has 1 aromatic carbocycles. The van der Waals surface area contributed by atoms with E-state index in [2.05, 4.69) is 5.32 Å². The van der Waals surface area contributed by atoms with E-state index >= 15 is 0 Å². The first kappa shape index (κ1) is 21.1. The first-order valence-corrected chi connectivity index (χ1v) is 11.6. The summed E-state index contributed by atoms with van der Waals surface area (Å²) in [6.07, 6.45) is 0. The van der Waals surface area contributed by atoms with E-state index in [1.807, 2.05) is 25.3 Å². The summed E-state index contributed by atoms with van der Waals surface area (Å²) in [5.74, 6) is -0.629. The molecular formula is C22H18Cl2N2O2S2. The van der Waals surface area contributed by atoms with E-state index in [4.69, 9.17) is 28.9 Å². The van der Waals surface area contributed by atoms with Gasteiger partial charge in [0.25, 0.3) is 0 Å². The molecule has 30 heavy (non-hydrogen) atoms. The van der Waals surface area contributed by atoms with Gasteiger partial charge in [0.1, 0.15) is 4.88 Å². The van der Waals surface area contributed by atoms with Crippen LogP contribution in [-0.2, 0) is 4.79 Å². The van der Waals surface area contributed by atoms with Crippen LogP contribution < -0.4 is 11.1 Å². The Kier molecular flexibility index (Phi) is 5.53. The van der Waals surface area contributed by atoms with E-state index in [1.54, 1.807) is 36.5 Å². The molecule has 1 atom stereocenters. The first-order chi connectivity index (χ1) is 14.2. The van der Waals surface area contributed by atoms with Crippen molar-refractivity contribution in [3.8, 4) is 0 Å². The van der Waals surface area contributed by atoms with Crippen LogP contribution >= 0.6 is 45.9 Å².